The van der Waals surface area contributed by atoms with Crippen molar-refractivity contribution in [3.63, 3.8) is 0 Å². The fraction of sp³-hybridized carbons (Fsp3) is 0.556. The molecule has 0 radical (unpaired) electrons. The van der Waals surface area contributed by atoms with Crippen LogP contribution in [0.5, 0.6) is 0 Å². The summed E-state index contributed by atoms with van der Waals surface area (Å²) in [5, 5.41) is 0.0715. The van der Waals surface area contributed by atoms with E-state index < -0.39 is 15.4 Å². The predicted molar refractivity (Wildman–Crippen MR) is 103 cm³/mol. The lowest BCUT2D eigenvalue weighted by atomic mass is 9.84. The highest BCUT2D eigenvalue weighted by Gasteiger charge is 2.53. The number of anilines is 1. The van der Waals surface area contributed by atoms with E-state index in [2.05, 4.69) is 4.72 Å². The molecule has 27 heavy (non-hydrogen) atoms. The molecule has 2 aliphatic rings. The lowest BCUT2D eigenvalue weighted by molar-refractivity contribution is -0.125. The Labute approximate surface area is 164 Å². The third kappa shape index (κ3) is 3.89. The molecule has 1 aliphatic heterocycles. The summed E-state index contributed by atoms with van der Waals surface area (Å²) in [6, 6.07) is 4.10. The van der Waals surface area contributed by atoms with Crippen molar-refractivity contribution in [2.75, 3.05) is 32.1 Å². The molecule has 1 aliphatic carbocycles. The van der Waals surface area contributed by atoms with E-state index in [-0.39, 0.29) is 40.4 Å². The van der Waals surface area contributed by atoms with Gasteiger partial charge in [0.25, 0.3) is 0 Å². The van der Waals surface area contributed by atoms with Gasteiger partial charge in [0, 0.05) is 19.5 Å². The van der Waals surface area contributed by atoms with Crippen LogP contribution < -0.4 is 9.62 Å². The molecule has 2 amide bonds. The summed E-state index contributed by atoms with van der Waals surface area (Å²) < 4.78 is 27.3. The Balaban J connectivity index is 1.83. The van der Waals surface area contributed by atoms with Crippen molar-refractivity contribution in [1.29, 1.82) is 0 Å². The number of carbonyl (C=O) groups excluding carboxylic acids is 2. The molecule has 1 saturated heterocycles. The second-order valence-corrected chi connectivity index (χ2v) is 9.69. The Morgan fingerprint density at radius 2 is 1.89 bits per heavy atom. The van der Waals surface area contributed by atoms with E-state index in [4.69, 9.17) is 11.6 Å². The number of nitrogens with zero attached hydrogens (tertiary/aromatic N) is 2. The van der Waals surface area contributed by atoms with E-state index in [1.807, 2.05) is 19.0 Å². The Kier molecular flexibility index (Phi) is 5.63. The maximum absolute atomic E-state index is 12.9. The normalized spacial score (nSPS) is 19.6. The molecule has 1 spiro atoms. The van der Waals surface area contributed by atoms with E-state index in [9.17, 15) is 18.0 Å². The molecule has 9 heteroatoms. The number of rotatable bonds is 6. The van der Waals surface area contributed by atoms with Gasteiger partial charge < -0.3 is 4.90 Å². The Morgan fingerprint density at radius 3 is 2.48 bits per heavy atom. The molecule has 1 aromatic rings. The summed E-state index contributed by atoms with van der Waals surface area (Å²) in [5.41, 5.74) is -0.346. The first-order chi connectivity index (χ1) is 12.7. The van der Waals surface area contributed by atoms with Gasteiger partial charge in [0.15, 0.2) is 0 Å². The lowest BCUT2D eigenvalue weighted by Gasteiger charge is -2.22. The minimum absolute atomic E-state index is 0.00433. The molecule has 7 nitrogen and oxygen atoms in total. The van der Waals surface area contributed by atoms with Crippen LogP contribution in [0.3, 0.4) is 0 Å². The molecule has 1 aromatic carbocycles. The second kappa shape index (κ2) is 7.50. The highest BCUT2D eigenvalue weighted by Crippen LogP contribution is 2.48. The quantitative estimate of drug-likeness (QED) is 0.721. The van der Waals surface area contributed by atoms with Gasteiger partial charge in [-0.05, 0) is 45.1 Å². The monoisotopic (exact) mass is 413 g/mol. The zero-order valence-electron chi connectivity index (χ0n) is 15.5. The molecule has 0 aromatic heterocycles. The molecule has 0 bridgehead atoms. The number of hydrogen-bond acceptors (Lipinski definition) is 5. The van der Waals surface area contributed by atoms with Crippen molar-refractivity contribution in [1.82, 2.24) is 9.62 Å². The number of carbonyl (C=O) groups is 2. The number of amides is 2. The van der Waals surface area contributed by atoms with E-state index in [1.54, 1.807) is 0 Å². The molecule has 3 rings (SSSR count). The number of halogens is 1. The van der Waals surface area contributed by atoms with Crippen LogP contribution in [-0.4, -0.2) is 52.3 Å². The summed E-state index contributed by atoms with van der Waals surface area (Å²) in [6.07, 6.45) is 3.52. The number of nitrogens with one attached hydrogen (secondary N) is 1. The summed E-state index contributed by atoms with van der Waals surface area (Å²) in [7, 11) is -0.0207. The number of hydrogen-bond donors (Lipinski definition) is 1. The Bertz CT molecular complexity index is 863. The summed E-state index contributed by atoms with van der Waals surface area (Å²) in [6.45, 7) is 0.824. The van der Waals surface area contributed by atoms with Crippen LogP contribution >= 0.6 is 11.6 Å². The van der Waals surface area contributed by atoms with Gasteiger partial charge in [-0.3, -0.25) is 9.59 Å². The largest absolute Gasteiger partial charge is 0.308 e. The van der Waals surface area contributed by atoms with Crippen molar-refractivity contribution in [3.8, 4) is 0 Å². The highest BCUT2D eigenvalue weighted by atomic mass is 35.5. The first kappa shape index (κ1) is 20.3. The average molecular weight is 414 g/mol. The number of sulfonamides is 1. The number of likely N-dealkylation sites (N-methyl/N-ethyl adjacent to an activating group) is 1. The molecule has 0 atom stereocenters. The van der Waals surface area contributed by atoms with Gasteiger partial charge in [0.05, 0.1) is 21.0 Å². The highest BCUT2D eigenvalue weighted by molar-refractivity contribution is 7.89. The molecule has 0 unspecified atom stereocenters. The van der Waals surface area contributed by atoms with Crippen LogP contribution in [0.1, 0.15) is 32.1 Å². The summed E-state index contributed by atoms with van der Waals surface area (Å²) in [5.74, 6) is -0.491. The third-order valence-electron chi connectivity index (χ3n) is 5.28. The molecular formula is C18H24ClN3O4S. The lowest BCUT2D eigenvalue weighted by Crippen LogP contribution is -2.34. The average Bonchev–Trinajstić information content (AvgIpc) is 3.13. The fourth-order valence-corrected chi connectivity index (χ4v) is 5.18. The van der Waals surface area contributed by atoms with Crippen LogP contribution in [0.25, 0.3) is 0 Å². The predicted octanol–water partition coefficient (Wildman–Crippen LogP) is 2.00. The van der Waals surface area contributed by atoms with Gasteiger partial charge >= 0.3 is 0 Å². The zero-order chi connectivity index (χ0) is 19.8. The van der Waals surface area contributed by atoms with Crippen molar-refractivity contribution < 1.29 is 18.0 Å². The SMILES string of the molecule is CN(C)CCNS(=O)(=O)c1ccc(N2C(=O)CC3(CCCC3)C2=O)c(Cl)c1. The first-order valence-electron chi connectivity index (χ1n) is 8.98. The molecule has 1 N–H and O–H groups in total. The van der Waals surface area contributed by atoms with Gasteiger partial charge in [-0.25, -0.2) is 18.0 Å². The summed E-state index contributed by atoms with van der Waals surface area (Å²) in [4.78, 5) is 28.4. The van der Waals surface area contributed by atoms with Gasteiger partial charge in [-0.15, -0.1) is 0 Å². The van der Waals surface area contributed by atoms with Crippen LogP contribution in [0.15, 0.2) is 23.1 Å². The zero-order valence-corrected chi connectivity index (χ0v) is 17.1. The van der Waals surface area contributed by atoms with Gasteiger partial charge in [0.1, 0.15) is 0 Å². The molecule has 1 saturated carbocycles. The van der Waals surface area contributed by atoms with Gasteiger partial charge in [-0.2, -0.15) is 0 Å². The standard InChI is InChI=1S/C18H24ClN3O4S/c1-21(2)10-9-20-27(25,26)13-5-6-15(14(19)11-13)22-16(23)12-18(17(22)24)7-3-4-8-18/h5-6,11,20H,3-4,7-10,12H2,1-2H3. The number of imide groups is 1. The number of benzene rings is 1. The van der Waals surface area contributed by atoms with Crippen molar-refractivity contribution in [3.05, 3.63) is 23.2 Å². The fourth-order valence-electron chi connectivity index (χ4n) is 3.80. The Hall–Kier alpha value is -1.48. The maximum Gasteiger partial charge on any atom is 0.240 e. The van der Waals surface area contributed by atoms with E-state index in [1.165, 1.54) is 18.2 Å². The van der Waals surface area contributed by atoms with Crippen LogP contribution in [0.2, 0.25) is 5.02 Å². The van der Waals surface area contributed by atoms with Gasteiger partial charge in [-0.1, -0.05) is 24.4 Å². The van der Waals surface area contributed by atoms with E-state index in [0.717, 1.165) is 17.7 Å². The van der Waals surface area contributed by atoms with Crippen molar-refractivity contribution in [2.24, 2.45) is 5.41 Å². The van der Waals surface area contributed by atoms with Crippen LogP contribution in [-0.2, 0) is 19.6 Å². The molecular weight excluding hydrogens is 390 g/mol. The van der Waals surface area contributed by atoms with Crippen LogP contribution in [0, 0.1) is 5.41 Å². The minimum atomic E-state index is -3.72. The third-order valence-corrected chi connectivity index (χ3v) is 7.04. The van der Waals surface area contributed by atoms with Crippen molar-refractivity contribution >= 4 is 39.1 Å². The first-order valence-corrected chi connectivity index (χ1v) is 10.8. The topological polar surface area (TPSA) is 86.8 Å². The summed E-state index contributed by atoms with van der Waals surface area (Å²) >= 11 is 6.28. The second-order valence-electron chi connectivity index (χ2n) is 7.51. The van der Waals surface area contributed by atoms with E-state index >= 15 is 0 Å². The molecule has 1 heterocycles. The smallest absolute Gasteiger partial charge is 0.240 e. The minimum Gasteiger partial charge on any atom is -0.308 e. The molecule has 2 fully saturated rings. The maximum atomic E-state index is 12.9. The van der Waals surface area contributed by atoms with Crippen LogP contribution in [0.4, 0.5) is 5.69 Å². The Morgan fingerprint density at radius 1 is 1.22 bits per heavy atom. The van der Waals surface area contributed by atoms with Crippen molar-refractivity contribution in [2.45, 2.75) is 37.0 Å². The van der Waals surface area contributed by atoms with E-state index in [0.29, 0.717) is 19.4 Å². The van der Waals surface area contributed by atoms with Gasteiger partial charge in [0.2, 0.25) is 21.8 Å². The molecule has 148 valence electrons.